The first-order valence-electron chi connectivity index (χ1n) is 7.67. The average Bonchev–Trinajstić information content (AvgIpc) is 2.95. The molecule has 1 aromatic carbocycles. The smallest absolute Gasteiger partial charge is 0.254 e. The number of sulfone groups is 1. The third-order valence-corrected chi connectivity index (χ3v) is 6.30. The van der Waals surface area contributed by atoms with Gasteiger partial charge in [-0.3, -0.25) is 4.79 Å². The van der Waals surface area contributed by atoms with Crippen molar-refractivity contribution in [2.24, 2.45) is 0 Å². The zero-order valence-corrected chi connectivity index (χ0v) is 15.4. The van der Waals surface area contributed by atoms with Crippen molar-refractivity contribution in [2.75, 3.05) is 20.1 Å². The van der Waals surface area contributed by atoms with Gasteiger partial charge in [0.2, 0.25) is 0 Å². The van der Waals surface area contributed by atoms with Gasteiger partial charge in [-0.25, -0.2) is 8.42 Å². The van der Waals surface area contributed by atoms with Crippen LogP contribution in [0.5, 0.6) is 0 Å². The predicted octanol–water partition coefficient (Wildman–Crippen LogP) is 2.11. The summed E-state index contributed by atoms with van der Waals surface area (Å²) in [6, 6.07) is 6.52. The van der Waals surface area contributed by atoms with Crippen LogP contribution in [0.1, 0.15) is 37.0 Å². The van der Waals surface area contributed by atoms with Crippen LogP contribution in [0.3, 0.4) is 0 Å². The van der Waals surface area contributed by atoms with E-state index >= 15 is 0 Å². The lowest BCUT2D eigenvalue weighted by Crippen LogP contribution is -2.40. The third-order valence-electron chi connectivity index (χ3n) is 4.13. The minimum atomic E-state index is -3.29. The molecule has 0 radical (unpaired) electrons. The molecule has 1 aliphatic heterocycles. The molecule has 0 bridgehead atoms. The molecule has 1 amide bonds. The van der Waals surface area contributed by atoms with Gasteiger partial charge in [0, 0.05) is 24.7 Å². The molecule has 0 aromatic heterocycles. The Balaban J connectivity index is 0.00000264. The van der Waals surface area contributed by atoms with Crippen LogP contribution in [0, 0.1) is 0 Å². The Labute approximate surface area is 144 Å². The second kappa shape index (κ2) is 8.13. The molecule has 1 fully saturated rings. The van der Waals surface area contributed by atoms with Crippen LogP contribution in [-0.2, 0) is 9.84 Å². The number of nitrogens with one attached hydrogen (secondary N) is 1. The molecule has 0 saturated carbocycles. The molecule has 1 aliphatic rings. The zero-order chi connectivity index (χ0) is 16.3. The van der Waals surface area contributed by atoms with Crippen LogP contribution >= 0.6 is 12.4 Å². The summed E-state index contributed by atoms with van der Waals surface area (Å²) in [7, 11) is -1.41. The Morgan fingerprint density at radius 3 is 2.43 bits per heavy atom. The van der Waals surface area contributed by atoms with Crippen molar-refractivity contribution < 1.29 is 13.2 Å². The Bertz CT molecular complexity index is 629. The van der Waals surface area contributed by atoms with Gasteiger partial charge in [-0.15, -0.1) is 12.4 Å². The topological polar surface area (TPSA) is 66.5 Å². The minimum absolute atomic E-state index is 0. The summed E-state index contributed by atoms with van der Waals surface area (Å²) in [5.74, 6) is -0.0220. The standard InChI is InChI=1S/C16H24N2O3S.ClH/c1-12(2)22(20,21)15-8-6-13(7-9-15)16(19)18-10-4-5-14(18)11-17-3;/h6-9,12,14,17H,4-5,10-11H2,1-3H3;1H. The van der Waals surface area contributed by atoms with Gasteiger partial charge in [0.25, 0.3) is 5.91 Å². The number of amides is 1. The van der Waals surface area contributed by atoms with Crippen LogP contribution in [0.4, 0.5) is 0 Å². The summed E-state index contributed by atoms with van der Waals surface area (Å²) in [6.45, 7) is 4.85. The first-order valence-corrected chi connectivity index (χ1v) is 9.22. The molecule has 0 spiro atoms. The largest absolute Gasteiger partial charge is 0.334 e. The Hall–Kier alpha value is -1.11. The predicted molar refractivity (Wildman–Crippen MR) is 94.0 cm³/mol. The molecule has 23 heavy (non-hydrogen) atoms. The van der Waals surface area contributed by atoms with Gasteiger partial charge in [0.15, 0.2) is 9.84 Å². The van der Waals surface area contributed by atoms with E-state index in [1.54, 1.807) is 26.0 Å². The minimum Gasteiger partial charge on any atom is -0.334 e. The van der Waals surface area contributed by atoms with Crippen molar-refractivity contribution in [2.45, 2.75) is 42.9 Å². The van der Waals surface area contributed by atoms with Crippen molar-refractivity contribution >= 4 is 28.2 Å². The van der Waals surface area contributed by atoms with Gasteiger partial charge in [0.1, 0.15) is 0 Å². The summed E-state index contributed by atoms with van der Waals surface area (Å²) in [5, 5.41) is 2.65. The fourth-order valence-electron chi connectivity index (χ4n) is 2.78. The summed E-state index contributed by atoms with van der Waals surface area (Å²) >= 11 is 0. The van der Waals surface area contributed by atoms with E-state index in [4.69, 9.17) is 0 Å². The van der Waals surface area contributed by atoms with Crippen LogP contribution < -0.4 is 5.32 Å². The number of hydrogen-bond donors (Lipinski definition) is 1. The highest BCUT2D eigenvalue weighted by molar-refractivity contribution is 7.92. The van der Waals surface area contributed by atoms with E-state index in [1.807, 2.05) is 11.9 Å². The van der Waals surface area contributed by atoms with E-state index in [2.05, 4.69) is 5.32 Å². The number of carbonyl (C=O) groups excluding carboxylic acids is 1. The molecule has 1 atom stereocenters. The molecular weight excluding hydrogens is 336 g/mol. The lowest BCUT2D eigenvalue weighted by atomic mass is 10.1. The molecule has 1 aromatic rings. The molecule has 1 heterocycles. The van der Waals surface area contributed by atoms with Gasteiger partial charge < -0.3 is 10.2 Å². The first kappa shape index (κ1) is 19.9. The summed E-state index contributed by atoms with van der Waals surface area (Å²) in [4.78, 5) is 14.7. The zero-order valence-electron chi connectivity index (χ0n) is 13.8. The summed E-state index contributed by atoms with van der Waals surface area (Å²) in [6.07, 6.45) is 2.02. The molecule has 130 valence electrons. The van der Waals surface area contributed by atoms with Crippen LogP contribution in [0.2, 0.25) is 0 Å². The lowest BCUT2D eigenvalue weighted by molar-refractivity contribution is 0.0737. The monoisotopic (exact) mass is 360 g/mol. The highest BCUT2D eigenvalue weighted by Crippen LogP contribution is 2.21. The van der Waals surface area contributed by atoms with Crippen LogP contribution in [0.15, 0.2) is 29.2 Å². The summed E-state index contributed by atoms with van der Waals surface area (Å²) < 4.78 is 24.2. The number of hydrogen-bond acceptors (Lipinski definition) is 4. The van der Waals surface area contributed by atoms with E-state index in [0.717, 1.165) is 25.9 Å². The Kier molecular flexibility index (Phi) is 7.04. The maximum absolute atomic E-state index is 12.6. The van der Waals surface area contributed by atoms with E-state index in [1.165, 1.54) is 12.1 Å². The van der Waals surface area contributed by atoms with Gasteiger partial charge in [-0.2, -0.15) is 0 Å². The van der Waals surface area contributed by atoms with E-state index in [0.29, 0.717) is 5.56 Å². The number of likely N-dealkylation sites (tertiary alicyclic amines) is 1. The number of likely N-dealkylation sites (N-methyl/N-ethyl adjacent to an activating group) is 1. The molecular formula is C16H25ClN2O3S. The SMILES string of the molecule is CNCC1CCCN1C(=O)c1ccc(S(=O)(=O)C(C)C)cc1.Cl. The number of halogens is 1. The van der Waals surface area contributed by atoms with Crippen molar-refractivity contribution in [3.8, 4) is 0 Å². The highest BCUT2D eigenvalue weighted by atomic mass is 35.5. The maximum Gasteiger partial charge on any atom is 0.254 e. The molecule has 5 nitrogen and oxygen atoms in total. The highest BCUT2D eigenvalue weighted by Gasteiger charge is 2.29. The fraction of sp³-hybridized carbons (Fsp3) is 0.562. The van der Waals surface area contributed by atoms with Crippen molar-refractivity contribution in [3.05, 3.63) is 29.8 Å². The van der Waals surface area contributed by atoms with Gasteiger partial charge in [0.05, 0.1) is 10.1 Å². The van der Waals surface area contributed by atoms with Gasteiger partial charge in [-0.1, -0.05) is 0 Å². The average molecular weight is 361 g/mol. The first-order chi connectivity index (χ1) is 10.4. The molecule has 1 unspecified atom stereocenters. The molecule has 1 N–H and O–H groups in total. The van der Waals surface area contributed by atoms with Crippen LogP contribution in [-0.4, -0.2) is 50.7 Å². The van der Waals surface area contributed by atoms with Gasteiger partial charge in [-0.05, 0) is 58.0 Å². The fourth-order valence-corrected chi connectivity index (χ4v) is 3.84. The number of nitrogens with zero attached hydrogens (tertiary/aromatic N) is 1. The maximum atomic E-state index is 12.6. The third kappa shape index (κ3) is 4.25. The molecule has 7 heteroatoms. The van der Waals surface area contributed by atoms with Crippen molar-refractivity contribution in [1.82, 2.24) is 10.2 Å². The Morgan fingerprint density at radius 2 is 1.91 bits per heavy atom. The number of rotatable bonds is 5. The summed E-state index contributed by atoms with van der Waals surface area (Å²) in [5.41, 5.74) is 0.547. The van der Waals surface area contributed by atoms with Crippen LogP contribution in [0.25, 0.3) is 0 Å². The van der Waals surface area contributed by atoms with Crippen molar-refractivity contribution in [1.29, 1.82) is 0 Å². The molecule has 1 saturated heterocycles. The van der Waals surface area contributed by atoms with Crippen molar-refractivity contribution in [3.63, 3.8) is 0 Å². The van der Waals surface area contributed by atoms with E-state index in [-0.39, 0.29) is 29.3 Å². The lowest BCUT2D eigenvalue weighted by Gasteiger charge is -2.24. The number of benzene rings is 1. The Morgan fingerprint density at radius 1 is 1.30 bits per heavy atom. The molecule has 0 aliphatic carbocycles. The van der Waals surface area contributed by atoms with E-state index < -0.39 is 15.1 Å². The van der Waals surface area contributed by atoms with E-state index in [9.17, 15) is 13.2 Å². The normalized spacial score (nSPS) is 18.1. The second-order valence-electron chi connectivity index (χ2n) is 5.97. The quantitative estimate of drug-likeness (QED) is 0.873. The molecule has 2 rings (SSSR count). The van der Waals surface area contributed by atoms with Gasteiger partial charge >= 0.3 is 0 Å². The number of carbonyl (C=O) groups is 1. The second-order valence-corrected chi connectivity index (χ2v) is 8.47.